The molecule has 104 valence electrons. The van der Waals surface area contributed by atoms with E-state index in [0.29, 0.717) is 0 Å². The molecule has 0 fully saturated rings. The molecular weight excluding hydrogens is 250 g/mol. The van der Waals surface area contributed by atoms with Crippen molar-refractivity contribution in [2.75, 3.05) is 6.54 Å². The fourth-order valence-electron chi connectivity index (χ4n) is 2.53. The molecule has 0 aliphatic carbocycles. The van der Waals surface area contributed by atoms with E-state index in [0.717, 1.165) is 29.0 Å². The van der Waals surface area contributed by atoms with Gasteiger partial charge in [-0.25, -0.2) is 4.98 Å². The molecule has 0 aliphatic rings. The molecule has 0 saturated carbocycles. The van der Waals surface area contributed by atoms with Crippen molar-refractivity contribution >= 4 is 11.0 Å². The summed E-state index contributed by atoms with van der Waals surface area (Å²) in [6.07, 6.45) is 3.69. The van der Waals surface area contributed by atoms with E-state index in [-0.39, 0.29) is 6.04 Å². The Balaban J connectivity index is 2.07. The summed E-state index contributed by atoms with van der Waals surface area (Å²) >= 11 is 0. The maximum absolute atomic E-state index is 6.01. The standard InChI is InChI=1S/C16H19N3O/c1-4-18-16(13-9-17-10-19(13)3)15-8-12-7-11(2)5-6-14(12)20-15/h5-10,16,18H,4H2,1-3H3. The van der Waals surface area contributed by atoms with Gasteiger partial charge in [-0.1, -0.05) is 18.6 Å². The number of aryl methyl sites for hydroxylation is 2. The monoisotopic (exact) mass is 269 g/mol. The van der Waals surface area contributed by atoms with Crippen molar-refractivity contribution in [3.63, 3.8) is 0 Å². The first-order valence-electron chi connectivity index (χ1n) is 6.88. The molecule has 1 atom stereocenters. The van der Waals surface area contributed by atoms with Gasteiger partial charge >= 0.3 is 0 Å². The Hall–Kier alpha value is -2.07. The molecule has 4 heteroatoms. The number of nitrogens with zero attached hydrogens (tertiary/aromatic N) is 2. The molecule has 3 aromatic rings. The summed E-state index contributed by atoms with van der Waals surface area (Å²) in [6.45, 7) is 5.05. The van der Waals surface area contributed by atoms with Crippen LogP contribution in [0.1, 0.15) is 30.0 Å². The number of aromatic nitrogens is 2. The Kier molecular flexibility index (Phi) is 3.32. The Morgan fingerprint density at radius 2 is 2.20 bits per heavy atom. The second kappa shape index (κ2) is 5.13. The van der Waals surface area contributed by atoms with Crippen LogP contribution in [0.3, 0.4) is 0 Å². The van der Waals surface area contributed by atoms with Crippen LogP contribution in [-0.2, 0) is 7.05 Å². The Morgan fingerprint density at radius 1 is 1.35 bits per heavy atom. The summed E-state index contributed by atoms with van der Waals surface area (Å²) in [7, 11) is 2.00. The largest absolute Gasteiger partial charge is 0.459 e. The molecule has 4 nitrogen and oxygen atoms in total. The lowest BCUT2D eigenvalue weighted by Crippen LogP contribution is -2.23. The van der Waals surface area contributed by atoms with Crippen molar-refractivity contribution in [3.05, 3.63) is 53.8 Å². The van der Waals surface area contributed by atoms with Crippen LogP contribution in [-0.4, -0.2) is 16.1 Å². The maximum Gasteiger partial charge on any atom is 0.134 e. The average molecular weight is 269 g/mol. The van der Waals surface area contributed by atoms with Crippen molar-refractivity contribution in [2.24, 2.45) is 7.05 Å². The number of hydrogen-bond acceptors (Lipinski definition) is 3. The van der Waals surface area contributed by atoms with Crippen LogP contribution >= 0.6 is 0 Å². The van der Waals surface area contributed by atoms with E-state index in [4.69, 9.17) is 4.42 Å². The first kappa shape index (κ1) is 12.9. The van der Waals surface area contributed by atoms with E-state index in [9.17, 15) is 0 Å². The fraction of sp³-hybridized carbons (Fsp3) is 0.312. The van der Waals surface area contributed by atoms with Crippen LogP contribution in [0.25, 0.3) is 11.0 Å². The molecule has 0 amide bonds. The normalized spacial score (nSPS) is 12.9. The molecule has 0 bridgehead atoms. The third kappa shape index (κ3) is 2.23. The van der Waals surface area contributed by atoms with Crippen molar-refractivity contribution < 1.29 is 4.42 Å². The molecule has 2 heterocycles. The third-order valence-electron chi connectivity index (χ3n) is 3.53. The van der Waals surface area contributed by atoms with E-state index >= 15 is 0 Å². The van der Waals surface area contributed by atoms with E-state index < -0.39 is 0 Å². The van der Waals surface area contributed by atoms with Gasteiger partial charge < -0.3 is 14.3 Å². The molecule has 0 spiro atoms. The van der Waals surface area contributed by atoms with Gasteiger partial charge in [0.1, 0.15) is 17.4 Å². The SMILES string of the molecule is CCNC(c1cc2cc(C)ccc2o1)c1cncn1C. The zero-order valence-corrected chi connectivity index (χ0v) is 12.1. The molecule has 1 aromatic carbocycles. The molecule has 3 rings (SSSR count). The molecular formula is C16H19N3O. The number of fused-ring (bicyclic) bond motifs is 1. The van der Waals surface area contributed by atoms with Gasteiger partial charge in [-0.3, -0.25) is 0 Å². The first-order chi connectivity index (χ1) is 9.69. The molecule has 1 unspecified atom stereocenters. The van der Waals surface area contributed by atoms with Crippen LogP contribution in [0.4, 0.5) is 0 Å². The number of hydrogen-bond donors (Lipinski definition) is 1. The lowest BCUT2D eigenvalue weighted by Gasteiger charge is -2.15. The van der Waals surface area contributed by atoms with E-state index in [2.05, 4.69) is 42.3 Å². The summed E-state index contributed by atoms with van der Waals surface area (Å²) in [5.41, 5.74) is 3.27. The predicted octanol–water partition coefficient (Wildman–Crippen LogP) is 3.17. The quantitative estimate of drug-likeness (QED) is 0.791. The van der Waals surface area contributed by atoms with Gasteiger partial charge in [0.05, 0.1) is 18.2 Å². The molecule has 20 heavy (non-hydrogen) atoms. The smallest absolute Gasteiger partial charge is 0.134 e. The van der Waals surface area contributed by atoms with Gasteiger partial charge in [0.15, 0.2) is 0 Å². The van der Waals surface area contributed by atoms with Gasteiger partial charge in [0, 0.05) is 12.4 Å². The number of benzene rings is 1. The highest BCUT2D eigenvalue weighted by atomic mass is 16.3. The lowest BCUT2D eigenvalue weighted by atomic mass is 10.1. The molecule has 2 aromatic heterocycles. The highest BCUT2D eigenvalue weighted by molar-refractivity contribution is 5.78. The zero-order valence-electron chi connectivity index (χ0n) is 12.1. The van der Waals surface area contributed by atoms with E-state index in [1.807, 2.05) is 30.2 Å². The highest BCUT2D eigenvalue weighted by Gasteiger charge is 2.20. The van der Waals surface area contributed by atoms with Crippen molar-refractivity contribution in [1.82, 2.24) is 14.9 Å². The topological polar surface area (TPSA) is 43.0 Å². The van der Waals surface area contributed by atoms with Crippen LogP contribution < -0.4 is 5.32 Å². The Morgan fingerprint density at radius 3 is 2.90 bits per heavy atom. The number of imidazole rings is 1. The van der Waals surface area contributed by atoms with E-state index in [1.54, 1.807) is 0 Å². The van der Waals surface area contributed by atoms with Crippen molar-refractivity contribution in [3.8, 4) is 0 Å². The first-order valence-corrected chi connectivity index (χ1v) is 6.88. The van der Waals surface area contributed by atoms with Gasteiger partial charge in [0.25, 0.3) is 0 Å². The summed E-state index contributed by atoms with van der Waals surface area (Å²) in [4.78, 5) is 4.20. The predicted molar refractivity (Wildman–Crippen MR) is 79.7 cm³/mol. The Bertz CT molecular complexity index is 726. The van der Waals surface area contributed by atoms with Crippen molar-refractivity contribution in [1.29, 1.82) is 0 Å². The summed E-state index contributed by atoms with van der Waals surface area (Å²) in [5.74, 6) is 0.927. The summed E-state index contributed by atoms with van der Waals surface area (Å²) < 4.78 is 8.03. The Labute approximate surface area is 118 Å². The van der Waals surface area contributed by atoms with Gasteiger partial charge in [0.2, 0.25) is 0 Å². The highest BCUT2D eigenvalue weighted by Crippen LogP contribution is 2.28. The number of rotatable bonds is 4. The average Bonchev–Trinajstić information content (AvgIpc) is 3.01. The lowest BCUT2D eigenvalue weighted by molar-refractivity contribution is 0.464. The maximum atomic E-state index is 6.01. The van der Waals surface area contributed by atoms with Crippen LogP contribution in [0.15, 0.2) is 41.2 Å². The fourth-order valence-corrected chi connectivity index (χ4v) is 2.53. The second-order valence-corrected chi connectivity index (χ2v) is 5.11. The van der Waals surface area contributed by atoms with Crippen molar-refractivity contribution in [2.45, 2.75) is 19.9 Å². The summed E-state index contributed by atoms with van der Waals surface area (Å²) in [6, 6.07) is 8.39. The summed E-state index contributed by atoms with van der Waals surface area (Å²) in [5, 5.41) is 4.61. The minimum atomic E-state index is 0.0280. The number of nitrogens with one attached hydrogen (secondary N) is 1. The zero-order chi connectivity index (χ0) is 14.1. The van der Waals surface area contributed by atoms with E-state index in [1.165, 1.54) is 5.56 Å². The third-order valence-corrected chi connectivity index (χ3v) is 3.53. The minimum absolute atomic E-state index is 0.0280. The van der Waals surface area contributed by atoms with Gasteiger partial charge in [-0.15, -0.1) is 0 Å². The molecule has 0 saturated heterocycles. The van der Waals surface area contributed by atoms with Crippen LogP contribution in [0.5, 0.6) is 0 Å². The van der Waals surface area contributed by atoms with Gasteiger partial charge in [-0.05, 0) is 31.7 Å². The molecule has 1 N–H and O–H groups in total. The van der Waals surface area contributed by atoms with Crippen LogP contribution in [0, 0.1) is 6.92 Å². The minimum Gasteiger partial charge on any atom is -0.459 e. The molecule has 0 radical (unpaired) electrons. The number of furan rings is 1. The van der Waals surface area contributed by atoms with Crippen LogP contribution in [0.2, 0.25) is 0 Å². The van der Waals surface area contributed by atoms with Gasteiger partial charge in [-0.2, -0.15) is 0 Å². The molecule has 0 aliphatic heterocycles. The second-order valence-electron chi connectivity index (χ2n) is 5.11.